The van der Waals surface area contributed by atoms with E-state index >= 15 is 0 Å². The summed E-state index contributed by atoms with van der Waals surface area (Å²) in [4.78, 5) is 23.5. The fourth-order valence-corrected chi connectivity index (χ4v) is 1.80. The highest BCUT2D eigenvalue weighted by molar-refractivity contribution is 6.34. The minimum atomic E-state index is -0.356. The number of halogens is 1. The van der Waals surface area contributed by atoms with Gasteiger partial charge in [0, 0.05) is 24.9 Å². The van der Waals surface area contributed by atoms with Gasteiger partial charge in [0.25, 0.3) is 11.5 Å². The number of amides is 1. The van der Waals surface area contributed by atoms with Crippen LogP contribution in [0, 0.1) is 6.92 Å². The van der Waals surface area contributed by atoms with E-state index in [4.69, 9.17) is 11.6 Å². The van der Waals surface area contributed by atoms with Crippen molar-refractivity contribution in [2.75, 3.05) is 5.32 Å². The monoisotopic (exact) mass is 276 g/mol. The number of aromatic nitrogens is 1. The first-order valence-corrected chi connectivity index (χ1v) is 6.10. The minimum Gasteiger partial charge on any atom is -0.321 e. The van der Waals surface area contributed by atoms with E-state index in [0.717, 1.165) is 5.56 Å². The van der Waals surface area contributed by atoms with Crippen LogP contribution in [0.3, 0.4) is 0 Å². The van der Waals surface area contributed by atoms with Crippen molar-refractivity contribution in [2.24, 2.45) is 7.05 Å². The van der Waals surface area contributed by atoms with E-state index in [0.29, 0.717) is 16.3 Å². The molecule has 1 N–H and O–H groups in total. The fraction of sp³-hybridized carbons (Fsp3) is 0.143. The predicted octanol–water partition coefficient (Wildman–Crippen LogP) is 2.60. The average molecular weight is 277 g/mol. The zero-order valence-electron chi connectivity index (χ0n) is 10.6. The van der Waals surface area contributed by atoms with E-state index < -0.39 is 0 Å². The zero-order chi connectivity index (χ0) is 14.0. The first kappa shape index (κ1) is 13.4. The number of benzene rings is 1. The maximum absolute atomic E-state index is 12.0. The molecule has 0 saturated carbocycles. The number of rotatable bonds is 2. The molecule has 1 aromatic heterocycles. The van der Waals surface area contributed by atoms with Crippen molar-refractivity contribution in [1.82, 2.24) is 4.57 Å². The van der Waals surface area contributed by atoms with Gasteiger partial charge in [-0.15, -0.1) is 0 Å². The second-order valence-electron chi connectivity index (χ2n) is 4.26. The highest BCUT2D eigenvalue weighted by atomic mass is 35.5. The third-order valence-electron chi connectivity index (χ3n) is 2.81. The summed E-state index contributed by atoms with van der Waals surface area (Å²) < 4.78 is 1.40. The number of anilines is 1. The molecule has 1 aromatic carbocycles. The molecule has 4 nitrogen and oxygen atoms in total. The van der Waals surface area contributed by atoms with Crippen LogP contribution in [-0.2, 0) is 7.05 Å². The molecule has 0 fully saturated rings. The van der Waals surface area contributed by atoms with Crippen molar-refractivity contribution in [2.45, 2.75) is 6.92 Å². The minimum absolute atomic E-state index is 0.233. The van der Waals surface area contributed by atoms with Crippen LogP contribution in [0.4, 0.5) is 5.69 Å². The van der Waals surface area contributed by atoms with Gasteiger partial charge in [0.05, 0.1) is 10.7 Å². The first-order chi connectivity index (χ1) is 8.99. The van der Waals surface area contributed by atoms with Crippen molar-refractivity contribution in [3.05, 3.63) is 63.0 Å². The molecule has 98 valence electrons. The van der Waals surface area contributed by atoms with Crippen molar-refractivity contribution in [1.29, 1.82) is 0 Å². The number of pyridine rings is 1. The Bertz CT molecular complexity index is 692. The Labute approximate surface area is 115 Å². The number of hydrogen-bond acceptors (Lipinski definition) is 2. The molecule has 1 heterocycles. The number of nitrogens with zero attached hydrogens (tertiary/aromatic N) is 1. The normalized spacial score (nSPS) is 10.3. The number of carbonyl (C=O) groups is 1. The maximum atomic E-state index is 12.0. The molecule has 0 bridgehead atoms. The van der Waals surface area contributed by atoms with E-state index in [1.165, 1.54) is 10.6 Å². The van der Waals surface area contributed by atoms with Gasteiger partial charge >= 0.3 is 0 Å². The van der Waals surface area contributed by atoms with E-state index in [1.807, 2.05) is 13.0 Å². The summed E-state index contributed by atoms with van der Waals surface area (Å²) in [6, 6.07) is 8.25. The summed E-state index contributed by atoms with van der Waals surface area (Å²) in [6.45, 7) is 1.86. The Morgan fingerprint density at radius 3 is 2.74 bits per heavy atom. The Kier molecular flexibility index (Phi) is 3.71. The zero-order valence-corrected chi connectivity index (χ0v) is 11.4. The maximum Gasteiger partial charge on any atom is 0.255 e. The Morgan fingerprint density at radius 2 is 2.05 bits per heavy atom. The van der Waals surface area contributed by atoms with Crippen molar-refractivity contribution in [3.8, 4) is 0 Å². The highest BCUT2D eigenvalue weighted by Gasteiger charge is 2.10. The molecule has 19 heavy (non-hydrogen) atoms. The third kappa shape index (κ3) is 2.85. The van der Waals surface area contributed by atoms with Crippen molar-refractivity contribution >= 4 is 23.2 Å². The van der Waals surface area contributed by atoms with Gasteiger partial charge in [0.1, 0.15) is 0 Å². The standard InChI is InChI=1S/C14H13ClN2O2/c1-9-4-3-5-11(13(9)15)16-14(19)10-6-7-17(2)12(18)8-10/h3-8H,1-2H3,(H,16,19). The third-order valence-corrected chi connectivity index (χ3v) is 3.31. The largest absolute Gasteiger partial charge is 0.321 e. The molecular formula is C14H13ClN2O2. The summed E-state index contributed by atoms with van der Waals surface area (Å²) in [5.41, 5.74) is 1.49. The fourth-order valence-electron chi connectivity index (χ4n) is 1.63. The lowest BCUT2D eigenvalue weighted by Gasteiger charge is -2.09. The smallest absolute Gasteiger partial charge is 0.255 e. The van der Waals surface area contributed by atoms with Crippen LogP contribution < -0.4 is 10.9 Å². The van der Waals surface area contributed by atoms with Gasteiger partial charge in [0.2, 0.25) is 0 Å². The molecule has 0 unspecified atom stereocenters. The second-order valence-corrected chi connectivity index (χ2v) is 4.63. The Balaban J connectivity index is 2.28. The molecule has 1 amide bonds. The lowest BCUT2D eigenvalue weighted by Crippen LogP contribution is -2.20. The summed E-state index contributed by atoms with van der Waals surface area (Å²) in [7, 11) is 1.63. The van der Waals surface area contributed by atoms with Gasteiger partial charge < -0.3 is 9.88 Å². The van der Waals surface area contributed by atoms with Crippen molar-refractivity contribution < 1.29 is 4.79 Å². The molecule has 0 spiro atoms. The lowest BCUT2D eigenvalue weighted by atomic mass is 10.2. The second kappa shape index (κ2) is 5.28. The van der Waals surface area contributed by atoms with Gasteiger partial charge in [0.15, 0.2) is 0 Å². The van der Waals surface area contributed by atoms with Gasteiger partial charge in [-0.25, -0.2) is 0 Å². The molecule has 5 heteroatoms. The van der Waals surface area contributed by atoms with E-state index in [-0.39, 0.29) is 11.5 Å². The van der Waals surface area contributed by atoms with Gasteiger partial charge in [-0.3, -0.25) is 9.59 Å². The predicted molar refractivity (Wildman–Crippen MR) is 75.8 cm³/mol. The van der Waals surface area contributed by atoms with Crippen LogP contribution in [0.25, 0.3) is 0 Å². The quantitative estimate of drug-likeness (QED) is 0.917. The summed E-state index contributed by atoms with van der Waals surface area (Å²) in [6.07, 6.45) is 1.55. The molecule has 2 rings (SSSR count). The average Bonchev–Trinajstić information content (AvgIpc) is 2.38. The van der Waals surface area contributed by atoms with Crippen LogP contribution in [0.1, 0.15) is 15.9 Å². The Morgan fingerprint density at radius 1 is 1.32 bits per heavy atom. The molecule has 0 saturated heterocycles. The summed E-state index contributed by atoms with van der Waals surface area (Å²) in [5, 5.41) is 3.19. The molecule has 0 aliphatic heterocycles. The summed E-state index contributed by atoms with van der Waals surface area (Å²) >= 11 is 6.10. The van der Waals surface area contributed by atoms with Crippen LogP contribution >= 0.6 is 11.6 Å². The first-order valence-electron chi connectivity index (χ1n) is 5.72. The van der Waals surface area contributed by atoms with Gasteiger partial charge in [-0.05, 0) is 24.6 Å². The highest BCUT2D eigenvalue weighted by Crippen LogP contribution is 2.25. The van der Waals surface area contributed by atoms with Crippen LogP contribution in [0.2, 0.25) is 5.02 Å². The number of carbonyl (C=O) groups excluding carboxylic acids is 1. The van der Waals surface area contributed by atoms with Crippen LogP contribution in [0.15, 0.2) is 41.3 Å². The Hall–Kier alpha value is -2.07. The molecule has 2 aromatic rings. The van der Waals surface area contributed by atoms with E-state index in [9.17, 15) is 9.59 Å². The van der Waals surface area contributed by atoms with E-state index in [1.54, 1.807) is 31.4 Å². The number of hydrogen-bond donors (Lipinski definition) is 1. The molecule has 0 aliphatic carbocycles. The number of nitrogens with one attached hydrogen (secondary N) is 1. The molecule has 0 atom stereocenters. The van der Waals surface area contributed by atoms with Gasteiger partial charge in [-0.2, -0.15) is 0 Å². The lowest BCUT2D eigenvalue weighted by molar-refractivity contribution is 0.102. The molecule has 0 aliphatic rings. The van der Waals surface area contributed by atoms with E-state index in [2.05, 4.69) is 5.32 Å². The molecule has 0 radical (unpaired) electrons. The van der Waals surface area contributed by atoms with Crippen molar-refractivity contribution in [3.63, 3.8) is 0 Å². The van der Waals surface area contributed by atoms with Gasteiger partial charge in [-0.1, -0.05) is 23.7 Å². The number of aryl methyl sites for hydroxylation is 2. The summed E-state index contributed by atoms with van der Waals surface area (Å²) in [5.74, 6) is -0.356. The molecular weight excluding hydrogens is 264 g/mol. The van der Waals surface area contributed by atoms with Crippen LogP contribution in [-0.4, -0.2) is 10.5 Å². The SMILES string of the molecule is Cc1cccc(NC(=O)c2ccn(C)c(=O)c2)c1Cl. The topological polar surface area (TPSA) is 51.1 Å². The van der Waals surface area contributed by atoms with Crippen LogP contribution in [0.5, 0.6) is 0 Å².